The summed E-state index contributed by atoms with van der Waals surface area (Å²) in [6, 6.07) is 4.40. The third-order valence-corrected chi connectivity index (χ3v) is 4.28. The van der Waals surface area contributed by atoms with Gasteiger partial charge in [0.1, 0.15) is 0 Å². The van der Waals surface area contributed by atoms with Crippen molar-refractivity contribution < 1.29 is 13.6 Å². The number of hydrogen-bond donors (Lipinski definition) is 0. The Morgan fingerprint density at radius 1 is 1.33 bits per heavy atom. The molecule has 116 valence electrons. The molecule has 1 heterocycles. The van der Waals surface area contributed by atoms with E-state index in [-0.39, 0.29) is 30.4 Å². The second-order valence-corrected chi connectivity index (χ2v) is 6.11. The highest BCUT2D eigenvalue weighted by Crippen LogP contribution is 2.24. The van der Waals surface area contributed by atoms with Crippen molar-refractivity contribution in [1.29, 1.82) is 0 Å². The van der Waals surface area contributed by atoms with Crippen molar-refractivity contribution in [3.63, 3.8) is 0 Å². The Balaban J connectivity index is 1.99. The van der Waals surface area contributed by atoms with E-state index in [0.717, 1.165) is 31.9 Å². The van der Waals surface area contributed by atoms with E-state index < -0.39 is 11.6 Å². The molecule has 1 amide bonds. The number of nitrogens with zero attached hydrogens (tertiary/aromatic N) is 1. The quantitative estimate of drug-likeness (QED) is 0.824. The topological polar surface area (TPSA) is 20.3 Å². The first-order chi connectivity index (χ1) is 10.0. The first kappa shape index (κ1) is 15.9. The Morgan fingerprint density at radius 2 is 2.10 bits per heavy atom. The maximum Gasteiger partial charge on any atom is 0.223 e. The smallest absolute Gasteiger partial charge is 0.223 e. The number of carbonyl (C=O) groups excluding carboxylic acids is 1. The molecular formula is C17H23F2NO. The molecule has 1 aliphatic heterocycles. The zero-order valence-electron chi connectivity index (χ0n) is 12.7. The molecule has 0 N–H and O–H groups in total. The standard InChI is InChI=1S/C17H23F2NO/c1-12(2)15-8-3-4-11-20(15)16(21)10-9-13-6-5-7-14(18)17(13)19/h5-7,12,15H,3-4,8-11H2,1-2H3. The van der Waals surface area contributed by atoms with E-state index in [9.17, 15) is 13.6 Å². The summed E-state index contributed by atoms with van der Waals surface area (Å²) in [5.74, 6) is -1.19. The monoisotopic (exact) mass is 295 g/mol. The van der Waals surface area contributed by atoms with Gasteiger partial charge in [0.25, 0.3) is 0 Å². The van der Waals surface area contributed by atoms with Gasteiger partial charge in [-0.1, -0.05) is 26.0 Å². The third-order valence-electron chi connectivity index (χ3n) is 4.28. The van der Waals surface area contributed by atoms with Crippen LogP contribution in [0.2, 0.25) is 0 Å². The van der Waals surface area contributed by atoms with E-state index >= 15 is 0 Å². The highest BCUT2D eigenvalue weighted by atomic mass is 19.2. The van der Waals surface area contributed by atoms with Crippen molar-refractivity contribution in [2.75, 3.05) is 6.54 Å². The van der Waals surface area contributed by atoms with Gasteiger partial charge in [0, 0.05) is 19.0 Å². The molecule has 1 fully saturated rings. The Kier molecular flexibility index (Phi) is 5.32. The molecule has 1 atom stereocenters. The van der Waals surface area contributed by atoms with Crippen molar-refractivity contribution >= 4 is 5.91 Å². The number of amides is 1. The summed E-state index contributed by atoms with van der Waals surface area (Å²) >= 11 is 0. The lowest BCUT2D eigenvalue weighted by Crippen LogP contribution is -2.46. The number of aryl methyl sites for hydroxylation is 1. The third kappa shape index (κ3) is 3.80. The summed E-state index contributed by atoms with van der Waals surface area (Å²) in [6.45, 7) is 5.04. The summed E-state index contributed by atoms with van der Waals surface area (Å²) in [4.78, 5) is 14.3. The average molecular weight is 295 g/mol. The fourth-order valence-corrected chi connectivity index (χ4v) is 3.09. The average Bonchev–Trinajstić information content (AvgIpc) is 2.48. The van der Waals surface area contributed by atoms with E-state index in [2.05, 4.69) is 13.8 Å². The van der Waals surface area contributed by atoms with Crippen molar-refractivity contribution in [1.82, 2.24) is 4.90 Å². The fraction of sp³-hybridized carbons (Fsp3) is 0.588. The van der Waals surface area contributed by atoms with Crippen LogP contribution in [0.4, 0.5) is 8.78 Å². The molecule has 1 aromatic rings. The Labute approximate surface area is 125 Å². The van der Waals surface area contributed by atoms with E-state index in [4.69, 9.17) is 0 Å². The number of likely N-dealkylation sites (tertiary alicyclic amines) is 1. The van der Waals surface area contributed by atoms with Crippen LogP contribution in [0.5, 0.6) is 0 Å². The van der Waals surface area contributed by atoms with E-state index in [1.165, 1.54) is 6.07 Å². The molecule has 4 heteroatoms. The lowest BCUT2D eigenvalue weighted by Gasteiger charge is -2.38. The largest absolute Gasteiger partial charge is 0.339 e. The van der Waals surface area contributed by atoms with Gasteiger partial charge in [-0.3, -0.25) is 4.79 Å². The molecule has 1 saturated heterocycles. The van der Waals surface area contributed by atoms with Crippen molar-refractivity contribution in [3.8, 4) is 0 Å². The Bertz CT molecular complexity index is 502. The summed E-state index contributed by atoms with van der Waals surface area (Å²) in [7, 11) is 0. The van der Waals surface area contributed by atoms with Crippen LogP contribution < -0.4 is 0 Å². The van der Waals surface area contributed by atoms with Gasteiger partial charge < -0.3 is 4.90 Å². The molecule has 21 heavy (non-hydrogen) atoms. The molecule has 0 radical (unpaired) electrons. The number of rotatable bonds is 4. The molecule has 0 aromatic heterocycles. The lowest BCUT2D eigenvalue weighted by molar-refractivity contribution is -0.135. The minimum Gasteiger partial charge on any atom is -0.339 e. The first-order valence-electron chi connectivity index (χ1n) is 7.73. The first-order valence-corrected chi connectivity index (χ1v) is 7.73. The molecule has 1 unspecified atom stereocenters. The summed E-state index contributed by atoms with van der Waals surface area (Å²) in [5.41, 5.74) is 0.279. The van der Waals surface area contributed by atoms with Gasteiger partial charge in [-0.05, 0) is 43.2 Å². The van der Waals surface area contributed by atoms with E-state index in [1.807, 2.05) is 4.90 Å². The molecule has 1 aliphatic rings. The van der Waals surface area contributed by atoms with Crippen molar-refractivity contribution in [3.05, 3.63) is 35.4 Å². The van der Waals surface area contributed by atoms with E-state index in [0.29, 0.717) is 5.92 Å². The van der Waals surface area contributed by atoms with Crippen LogP contribution in [0.15, 0.2) is 18.2 Å². The predicted molar refractivity (Wildman–Crippen MR) is 78.9 cm³/mol. The molecule has 0 aliphatic carbocycles. The minimum absolute atomic E-state index is 0.0528. The number of carbonyl (C=O) groups is 1. The lowest BCUT2D eigenvalue weighted by atomic mass is 9.92. The Morgan fingerprint density at radius 3 is 2.81 bits per heavy atom. The molecule has 0 saturated carbocycles. The molecule has 0 spiro atoms. The number of halogens is 2. The van der Waals surface area contributed by atoms with Crippen LogP contribution in [0, 0.1) is 17.6 Å². The second kappa shape index (κ2) is 7.01. The van der Waals surface area contributed by atoms with Gasteiger partial charge in [0.2, 0.25) is 5.91 Å². The number of piperidine rings is 1. The van der Waals surface area contributed by atoms with Crippen LogP contribution in [-0.4, -0.2) is 23.4 Å². The van der Waals surface area contributed by atoms with Gasteiger partial charge in [-0.15, -0.1) is 0 Å². The molecule has 0 bridgehead atoms. The van der Waals surface area contributed by atoms with Crippen LogP contribution >= 0.6 is 0 Å². The minimum atomic E-state index is -0.849. The summed E-state index contributed by atoms with van der Waals surface area (Å²) in [6.07, 6.45) is 3.72. The summed E-state index contributed by atoms with van der Waals surface area (Å²) in [5, 5.41) is 0. The number of benzene rings is 1. The van der Waals surface area contributed by atoms with E-state index in [1.54, 1.807) is 6.07 Å². The van der Waals surface area contributed by atoms with Gasteiger partial charge in [-0.2, -0.15) is 0 Å². The maximum atomic E-state index is 13.6. The highest BCUT2D eigenvalue weighted by Gasteiger charge is 2.28. The van der Waals surface area contributed by atoms with Gasteiger partial charge >= 0.3 is 0 Å². The maximum absolute atomic E-state index is 13.6. The normalized spacial score (nSPS) is 19.1. The zero-order chi connectivity index (χ0) is 15.4. The van der Waals surface area contributed by atoms with Crippen LogP contribution in [0.3, 0.4) is 0 Å². The second-order valence-electron chi connectivity index (χ2n) is 6.11. The van der Waals surface area contributed by atoms with Crippen molar-refractivity contribution in [2.45, 2.75) is 52.0 Å². The van der Waals surface area contributed by atoms with Crippen molar-refractivity contribution in [2.24, 2.45) is 5.92 Å². The SMILES string of the molecule is CC(C)C1CCCCN1C(=O)CCc1cccc(F)c1F. The zero-order valence-corrected chi connectivity index (χ0v) is 12.7. The Hall–Kier alpha value is -1.45. The van der Waals surface area contributed by atoms with Crippen LogP contribution in [-0.2, 0) is 11.2 Å². The predicted octanol–water partition coefficient (Wildman–Crippen LogP) is 3.93. The van der Waals surface area contributed by atoms with Gasteiger partial charge in [0.15, 0.2) is 11.6 Å². The molecule has 1 aromatic carbocycles. The molecular weight excluding hydrogens is 272 g/mol. The van der Waals surface area contributed by atoms with Crippen LogP contribution in [0.1, 0.15) is 45.1 Å². The number of hydrogen-bond acceptors (Lipinski definition) is 1. The van der Waals surface area contributed by atoms with Gasteiger partial charge in [0.05, 0.1) is 0 Å². The van der Waals surface area contributed by atoms with Crippen LogP contribution in [0.25, 0.3) is 0 Å². The molecule has 2 rings (SSSR count). The molecule has 2 nitrogen and oxygen atoms in total. The highest BCUT2D eigenvalue weighted by molar-refractivity contribution is 5.77. The summed E-state index contributed by atoms with van der Waals surface area (Å²) < 4.78 is 26.8. The van der Waals surface area contributed by atoms with Gasteiger partial charge in [-0.25, -0.2) is 8.78 Å². The fourth-order valence-electron chi connectivity index (χ4n) is 3.09.